The van der Waals surface area contributed by atoms with Crippen molar-refractivity contribution in [3.8, 4) is 0 Å². The second kappa shape index (κ2) is 3.97. The maximum atomic E-state index is 3.68. The van der Waals surface area contributed by atoms with Crippen molar-refractivity contribution in [1.82, 2.24) is 5.32 Å². The normalized spacial score (nSPS) is 31.5. The molecule has 2 aliphatic rings. The van der Waals surface area contributed by atoms with Gasteiger partial charge in [0.1, 0.15) is 0 Å². The molecule has 1 aromatic carbocycles. The molecule has 0 unspecified atom stereocenters. The van der Waals surface area contributed by atoms with E-state index >= 15 is 0 Å². The Hall–Kier alpha value is -0.820. The van der Waals surface area contributed by atoms with Crippen molar-refractivity contribution in [3.05, 3.63) is 35.9 Å². The van der Waals surface area contributed by atoms with Gasteiger partial charge < -0.3 is 5.32 Å². The first-order valence-corrected chi connectivity index (χ1v) is 6.22. The molecule has 1 heterocycles. The minimum absolute atomic E-state index is 0.804. The molecule has 1 nitrogen and oxygen atoms in total. The Morgan fingerprint density at radius 1 is 1.00 bits per heavy atom. The van der Waals surface area contributed by atoms with Crippen molar-refractivity contribution < 1.29 is 0 Å². The standard InChI is InChI=1S/C14H19N/c1-2-4-11(5-3-1)13-8-9-15-14(10-13)12-6-7-12/h1-5,12-15H,6-10H2/t13-,14+/m0/s1. The van der Waals surface area contributed by atoms with Crippen LogP contribution >= 0.6 is 0 Å². The van der Waals surface area contributed by atoms with Gasteiger partial charge in [-0.3, -0.25) is 0 Å². The summed E-state index contributed by atoms with van der Waals surface area (Å²) in [5.41, 5.74) is 1.55. The lowest BCUT2D eigenvalue weighted by atomic mass is 9.85. The number of rotatable bonds is 2. The molecule has 0 radical (unpaired) electrons. The molecule has 1 N–H and O–H groups in total. The average Bonchev–Trinajstić information content (AvgIpc) is 3.14. The Morgan fingerprint density at radius 3 is 2.53 bits per heavy atom. The SMILES string of the molecule is c1ccc([C@H]2CCN[C@@H](C3CC3)C2)cc1. The fourth-order valence-corrected chi connectivity index (χ4v) is 2.84. The van der Waals surface area contributed by atoms with Crippen LogP contribution in [0.2, 0.25) is 0 Å². The van der Waals surface area contributed by atoms with E-state index < -0.39 is 0 Å². The van der Waals surface area contributed by atoms with Crippen LogP contribution < -0.4 is 5.32 Å². The third kappa shape index (κ3) is 2.07. The van der Waals surface area contributed by atoms with Crippen molar-refractivity contribution in [2.75, 3.05) is 6.54 Å². The molecular weight excluding hydrogens is 182 g/mol. The molecule has 2 fully saturated rings. The van der Waals surface area contributed by atoms with Crippen LogP contribution in [-0.2, 0) is 0 Å². The van der Waals surface area contributed by atoms with E-state index in [1.54, 1.807) is 5.56 Å². The zero-order valence-electron chi connectivity index (χ0n) is 9.15. The van der Waals surface area contributed by atoms with Gasteiger partial charge >= 0.3 is 0 Å². The van der Waals surface area contributed by atoms with Crippen LogP contribution in [0.3, 0.4) is 0 Å². The lowest BCUT2D eigenvalue weighted by molar-refractivity contribution is 0.334. The van der Waals surface area contributed by atoms with E-state index in [1.165, 1.54) is 32.2 Å². The molecule has 1 saturated carbocycles. The van der Waals surface area contributed by atoms with E-state index in [4.69, 9.17) is 0 Å². The van der Waals surface area contributed by atoms with Crippen LogP contribution in [0.4, 0.5) is 0 Å². The van der Waals surface area contributed by atoms with Gasteiger partial charge in [0.2, 0.25) is 0 Å². The summed E-state index contributed by atoms with van der Waals surface area (Å²) >= 11 is 0. The van der Waals surface area contributed by atoms with E-state index in [-0.39, 0.29) is 0 Å². The number of nitrogens with one attached hydrogen (secondary N) is 1. The van der Waals surface area contributed by atoms with E-state index in [1.807, 2.05) is 0 Å². The molecule has 0 amide bonds. The van der Waals surface area contributed by atoms with Crippen molar-refractivity contribution in [2.45, 2.75) is 37.6 Å². The fourth-order valence-electron chi connectivity index (χ4n) is 2.84. The first-order chi connectivity index (χ1) is 7.43. The third-order valence-electron chi connectivity index (χ3n) is 3.90. The van der Waals surface area contributed by atoms with E-state index in [0.717, 1.165) is 17.9 Å². The smallest absolute Gasteiger partial charge is 0.0101 e. The van der Waals surface area contributed by atoms with Gasteiger partial charge in [0.15, 0.2) is 0 Å². The largest absolute Gasteiger partial charge is 0.314 e. The van der Waals surface area contributed by atoms with Gasteiger partial charge in [-0.1, -0.05) is 30.3 Å². The van der Waals surface area contributed by atoms with Crippen LogP contribution in [0.1, 0.15) is 37.2 Å². The number of hydrogen-bond donors (Lipinski definition) is 1. The summed E-state index contributed by atoms with van der Waals surface area (Å²) in [5.74, 6) is 1.80. The van der Waals surface area contributed by atoms with Gasteiger partial charge in [-0.05, 0) is 49.6 Å². The maximum absolute atomic E-state index is 3.68. The van der Waals surface area contributed by atoms with E-state index in [2.05, 4.69) is 35.6 Å². The van der Waals surface area contributed by atoms with Gasteiger partial charge in [-0.2, -0.15) is 0 Å². The number of hydrogen-bond acceptors (Lipinski definition) is 1. The monoisotopic (exact) mass is 201 g/mol. The minimum atomic E-state index is 0.804. The molecule has 1 heteroatoms. The van der Waals surface area contributed by atoms with Crippen molar-refractivity contribution in [1.29, 1.82) is 0 Å². The van der Waals surface area contributed by atoms with Gasteiger partial charge in [0.05, 0.1) is 0 Å². The summed E-state index contributed by atoms with van der Waals surface area (Å²) in [7, 11) is 0. The number of piperidine rings is 1. The van der Waals surface area contributed by atoms with Gasteiger partial charge in [-0.25, -0.2) is 0 Å². The summed E-state index contributed by atoms with van der Waals surface area (Å²) in [6.07, 6.45) is 5.58. The zero-order valence-corrected chi connectivity index (χ0v) is 9.15. The molecule has 3 rings (SSSR count). The molecular formula is C14H19N. The Morgan fingerprint density at radius 2 is 1.80 bits per heavy atom. The lowest BCUT2D eigenvalue weighted by Crippen LogP contribution is -2.38. The van der Waals surface area contributed by atoms with Crippen LogP contribution in [0.15, 0.2) is 30.3 Å². The van der Waals surface area contributed by atoms with Gasteiger partial charge in [0, 0.05) is 6.04 Å². The van der Waals surface area contributed by atoms with Crippen LogP contribution in [0.25, 0.3) is 0 Å². The summed E-state index contributed by atoms with van der Waals surface area (Å²) < 4.78 is 0. The third-order valence-corrected chi connectivity index (χ3v) is 3.90. The van der Waals surface area contributed by atoms with E-state index in [9.17, 15) is 0 Å². The second-order valence-electron chi connectivity index (χ2n) is 5.03. The van der Waals surface area contributed by atoms with Crippen LogP contribution in [0, 0.1) is 5.92 Å². The Balaban J connectivity index is 1.70. The molecule has 2 atom stereocenters. The Kier molecular flexibility index (Phi) is 2.49. The van der Waals surface area contributed by atoms with Crippen molar-refractivity contribution in [2.24, 2.45) is 5.92 Å². The topological polar surface area (TPSA) is 12.0 Å². The van der Waals surface area contributed by atoms with Gasteiger partial charge in [0.25, 0.3) is 0 Å². The molecule has 1 aliphatic carbocycles. The molecule has 1 aliphatic heterocycles. The summed E-state index contributed by atoms with van der Waals surface area (Å²) in [4.78, 5) is 0. The second-order valence-corrected chi connectivity index (χ2v) is 5.03. The minimum Gasteiger partial charge on any atom is -0.314 e. The van der Waals surface area contributed by atoms with Crippen LogP contribution in [0.5, 0.6) is 0 Å². The summed E-state index contributed by atoms with van der Waals surface area (Å²) in [5, 5.41) is 3.68. The van der Waals surface area contributed by atoms with E-state index in [0.29, 0.717) is 0 Å². The first-order valence-electron chi connectivity index (χ1n) is 6.22. The number of benzene rings is 1. The zero-order chi connectivity index (χ0) is 10.1. The highest BCUT2D eigenvalue weighted by molar-refractivity contribution is 5.20. The maximum Gasteiger partial charge on any atom is 0.0101 e. The lowest BCUT2D eigenvalue weighted by Gasteiger charge is -2.30. The molecule has 15 heavy (non-hydrogen) atoms. The first kappa shape index (κ1) is 9.41. The van der Waals surface area contributed by atoms with Crippen LogP contribution in [-0.4, -0.2) is 12.6 Å². The quantitative estimate of drug-likeness (QED) is 0.775. The Labute approximate surface area is 91.9 Å². The summed E-state index contributed by atoms with van der Waals surface area (Å²) in [6, 6.07) is 11.8. The highest BCUT2D eigenvalue weighted by atomic mass is 14.9. The molecule has 1 saturated heterocycles. The Bertz CT molecular complexity index is 315. The van der Waals surface area contributed by atoms with Gasteiger partial charge in [-0.15, -0.1) is 0 Å². The highest BCUT2D eigenvalue weighted by Gasteiger charge is 2.34. The molecule has 0 aromatic heterocycles. The molecule has 0 spiro atoms. The molecule has 80 valence electrons. The fraction of sp³-hybridized carbons (Fsp3) is 0.571. The predicted octanol–water partition coefficient (Wildman–Crippen LogP) is 2.93. The van der Waals surface area contributed by atoms with Crippen molar-refractivity contribution >= 4 is 0 Å². The highest BCUT2D eigenvalue weighted by Crippen LogP contribution is 2.39. The molecule has 1 aromatic rings. The summed E-state index contributed by atoms with van der Waals surface area (Å²) in [6.45, 7) is 1.21. The molecule has 0 bridgehead atoms. The predicted molar refractivity (Wildman–Crippen MR) is 62.9 cm³/mol. The average molecular weight is 201 g/mol. The van der Waals surface area contributed by atoms with Crippen molar-refractivity contribution in [3.63, 3.8) is 0 Å².